The zero-order valence-corrected chi connectivity index (χ0v) is 20.7. The van der Waals surface area contributed by atoms with Crippen LogP contribution in [0.25, 0.3) is 10.2 Å². The van der Waals surface area contributed by atoms with E-state index in [0.29, 0.717) is 36.7 Å². The van der Waals surface area contributed by atoms with Gasteiger partial charge in [-0.1, -0.05) is 72.0 Å². The topological polar surface area (TPSA) is 69.9 Å². The fourth-order valence-electron chi connectivity index (χ4n) is 3.94. The number of rotatable bonds is 9. The molecule has 0 bridgehead atoms. The summed E-state index contributed by atoms with van der Waals surface area (Å²) in [5.74, 6) is -1.13. The Labute approximate surface area is 208 Å². The molecule has 0 saturated heterocycles. The summed E-state index contributed by atoms with van der Waals surface area (Å²) in [5, 5.41) is 0. The van der Waals surface area contributed by atoms with Crippen LogP contribution in [0.4, 0.5) is 0 Å². The van der Waals surface area contributed by atoms with E-state index < -0.39 is 5.92 Å². The molecule has 0 aliphatic rings. The van der Waals surface area contributed by atoms with Crippen molar-refractivity contribution in [3.05, 3.63) is 100 Å². The lowest BCUT2D eigenvalue weighted by Crippen LogP contribution is -2.22. The molecule has 180 valence electrons. The molecule has 4 aromatic rings. The second-order valence-corrected chi connectivity index (χ2v) is 8.85. The highest BCUT2D eigenvalue weighted by molar-refractivity contribution is 7.16. The summed E-state index contributed by atoms with van der Waals surface area (Å²) in [6, 6.07) is 24.8. The third-order valence-corrected chi connectivity index (χ3v) is 6.62. The number of amides is 1. The molecule has 6 nitrogen and oxygen atoms in total. The van der Waals surface area contributed by atoms with Crippen molar-refractivity contribution in [1.29, 1.82) is 0 Å². The lowest BCUT2D eigenvalue weighted by atomic mass is 9.91. The molecular weight excluding hydrogens is 460 g/mol. The molecular formula is C28H28N2O4S. The van der Waals surface area contributed by atoms with Crippen LogP contribution in [-0.4, -0.2) is 36.3 Å². The van der Waals surface area contributed by atoms with Crippen LogP contribution < -0.4 is 4.80 Å². The zero-order valence-electron chi connectivity index (χ0n) is 19.8. The van der Waals surface area contributed by atoms with Gasteiger partial charge in [0.1, 0.15) is 0 Å². The summed E-state index contributed by atoms with van der Waals surface area (Å²) in [6.07, 6.45) is 0. The van der Waals surface area contributed by atoms with Crippen molar-refractivity contribution in [3.8, 4) is 0 Å². The Morgan fingerprint density at radius 2 is 1.57 bits per heavy atom. The third kappa shape index (κ3) is 5.75. The lowest BCUT2D eigenvalue weighted by molar-refractivity contribution is -0.118. The minimum atomic E-state index is -0.516. The maximum Gasteiger partial charge on any atom is 0.338 e. The number of fused-ring (bicyclic) bond motifs is 1. The van der Waals surface area contributed by atoms with Crippen LogP contribution in [0.1, 0.15) is 41.3 Å². The predicted octanol–water partition coefficient (Wildman–Crippen LogP) is 5.18. The van der Waals surface area contributed by atoms with Crippen LogP contribution in [0.5, 0.6) is 0 Å². The van der Waals surface area contributed by atoms with Gasteiger partial charge in [-0.25, -0.2) is 4.79 Å². The monoisotopic (exact) mass is 488 g/mol. The number of carbonyl (C=O) groups is 2. The minimum Gasteiger partial charge on any atom is -0.462 e. The highest BCUT2D eigenvalue weighted by atomic mass is 32.1. The molecule has 1 heterocycles. The van der Waals surface area contributed by atoms with E-state index in [9.17, 15) is 9.59 Å². The van der Waals surface area contributed by atoms with Crippen LogP contribution in [0.15, 0.2) is 83.9 Å². The molecule has 35 heavy (non-hydrogen) atoms. The second kappa shape index (κ2) is 11.7. The molecule has 0 spiro atoms. The Balaban J connectivity index is 1.81. The summed E-state index contributed by atoms with van der Waals surface area (Å²) in [5.41, 5.74) is 3.14. The SMILES string of the molecule is CCOCCn1c(=NC(=O)C(c2ccccc2)c2ccccc2)sc2cc(C(=O)OCC)ccc21. The molecule has 0 fully saturated rings. The normalized spacial score (nSPS) is 11.8. The van der Waals surface area contributed by atoms with E-state index in [2.05, 4.69) is 4.99 Å². The lowest BCUT2D eigenvalue weighted by Gasteiger charge is -2.14. The quantitative estimate of drug-likeness (QED) is 0.241. The van der Waals surface area contributed by atoms with E-state index >= 15 is 0 Å². The van der Waals surface area contributed by atoms with Crippen molar-refractivity contribution in [2.24, 2.45) is 4.99 Å². The number of benzene rings is 3. The first-order valence-electron chi connectivity index (χ1n) is 11.7. The molecule has 1 aromatic heterocycles. The van der Waals surface area contributed by atoms with Crippen molar-refractivity contribution < 1.29 is 19.1 Å². The number of nitrogens with zero attached hydrogens (tertiary/aromatic N) is 2. The molecule has 0 unspecified atom stereocenters. The van der Waals surface area contributed by atoms with E-state index in [1.54, 1.807) is 19.1 Å². The molecule has 1 amide bonds. The van der Waals surface area contributed by atoms with Gasteiger partial charge in [0.2, 0.25) is 0 Å². The molecule has 4 rings (SSSR count). The van der Waals surface area contributed by atoms with Crippen LogP contribution in [0.3, 0.4) is 0 Å². The van der Waals surface area contributed by atoms with Gasteiger partial charge in [-0.3, -0.25) is 4.79 Å². The number of carbonyl (C=O) groups excluding carboxylic acids is 2. The first-order chi connectivity index (χ1) is 17.1. The van der Waals surface area contributed by atoms with Gasteiger partial charge in [0.15, 0.2) is 4.80 Å². The van der Waals surface area contributed by atoms with Crippen molar-refractivity contribution in [2.45, 2.75) is 26.3 Å². The van der Waals surface area contributed by atoms with Crippen molar-refractivity contribution in [1.82, 2.24) is 4.57 Å². The number of aromatic nitrogens is 1. The van der Waals surface area contributed by atoms with E-state index in [4.69, 9.17) is 9.47 Å². The Kier molecular flexibility index (Phi) is 8.23. The largest absolute Gasteiger partial charge is 0.462 e. The third-order valence-electron chi connectivity index (χ3n) is 5.58. The zero-order chi connectivity index (χ0) is 24.6. The molecule has 7 heteroatoms. The van der Waals surface area contributed by atoms with Gasteiger partial charge in [-0.2, -0.15) is 4.99 Å². The smallest absolute Gasteiger partial charge is 0.338 e. The summed E-state index contributed by atoms with van der Waals surface area (Å²) >= 11 is 1.38. The molecule has 0 saturated carbocycles. The summed E-state index contributed by atoms with van der Waals surface area (Å²) < 4.78 is 13.6. The molecule has 0 N–H and O–H groups in total. The molecule has 0 atom stereocenters. The Morgan fingerprint density at radius 3 is 2.17 bits per heavy atom. The van der Waals surface area contributed by atoms with Gasteiger partial charge in [0.05, 0.1) is 34.9 Å². The van der Waals surface area contributed by atoms with Gasteiger partial charge in [-0.05, 0) is 43.2 Å². The number of esters is 1. The number of thiazole rings is 1. The Bertz CT molecular complexity index is 1320. The fourth-order valence-corrected chi connectivity index (χ4v) is 5.04. The standard InChI is InChI=1S/C28H28N2O4S/c1-3-33-18-17-30-23-16-15-22(27(32)34-4-2)19-24(23)35-28(30)29-26(31)25(20-11-7-5-8-12-20)21-13-9-6-10-14-21/h5-16,19,25H,3-4,17-18H2,1-2H3. The molecule has 3 aromatic carbocycles. The second-order valence-electron chi connectivity index (χ2n) is 7.84. The number of hydrogen-bond donors (Lipinski definition) is 0. The fraction of sp³-hybridized carbons (Fsp3) is 0.250. The van der Waals surface area contributed by atoms with Gasteiger partial charge < -0.3 is 14.0 Å². The summed E-state index contributed by atoms with van der Waals surface area (Å²) in [6.45, 7) is 5.67. The van der Waals surface area contributed by atoms with Crippen LogP contribution in [-0.2, 0) is 20.8 Å². The molecule has 0 aliphatic heterocycles. The number of hydrogen-bond acceptors (Lipinski definition) is 5. The van der Waals surface area contributed by atoms with E-state index in [-0.39, 0.29) is 11.9 Å². The first-order valence-corrected chi connectivity index (χ1v) is 12.5. The van der Waals surface area contributed by atoms with Crippen molar-refractivity contribution in [2.75, 3.05) is 19.8 Å². The van der Waals surface area contributed by atoms with E-state index in [1.165, 1.54) is 11.3 Å². The van der Waals surface area contributed by atoms with Gasteiger partial charge in [0.25, 0.3) is 5.91 Å². The first kappa shape index (κ1) is 24.6. The summed E-state index contributed by atoms with van der Waals surface area (Å²) in [4.78, 5) is 31.1. The average Bonchev–Trinajstić information content (AvgIpc) is 3.22. The summed E-state index contributed by atoms with van der Waals surface area (Å²) in [7, 11) is 0. The van der Waals surface area contributed by atoms with E-state index in [0.717, 1.165) is 21.3 Å². The van der Waals surface area contributed by atoms with Crippen LogP contribution >= 0.6 is 11.3 Å². The Morgan fingerprint density at radius 1 is 0.914 bits per heavy atom. The molecule has 0 aliphatic carbocycles. The van der Waals surface area contributed by atoms with Crippen molar-refractivity contribution in [3.63, 3.8) is 0 Å². The van der Waals surface area contributed by atoms with Crippen LogP contribution in [0.2, 0.25) is 0 Å². The maximum absolute atomic E-state index is 13.7. The molecule has 0 radical (unpaired) electrons. The Hall–Kier alpha value is -3.55. The van der Waals surface area contributed by atoms with Gasteiger partial charge in [-0.15, -0.1) is 0 Å². The predicted molar refractivity (Wildman–Crippen MR) is 138 cm³/mol. The highest BCUT2D eigenvalue weighted by Crippen LogP contribution is 2.26. The van der Waals surface area contributed by atoms with Crippen LogP contribution in [0, 0.1) is 0 Å². The average molecular weight is 489 g/mol. The van der Waals surface area contributed by atoms with Gasteiger partial charge in [0, 0.05) is 13.2 Å². The minimum absolute atomic E-state index is 0.246. The number of ether oxygens (including phenoxy) is 2. The van der Waals surface area contributed by atoms with Gasteiger partial charge >= 0.3 is 5.97 Å². The van der Waals surface area contributed by atoms with Crippen molar-refractivity contribution >= 4 is 33.4 Å². The highest BCUT2D eigenvalue weighted by Gasteiger charge is 2.23. The maximum atomic E-state index is 13.7. The van der Waals surface area contributed by atoms with E-state index in [1.807, 2.05) is 78.2 Å².